The number of hydrogen-bond donors (Lipinski definition) is 2. The van der Waals surface area contributed by atoms with Gasteiger partial charge in [-0.1, -0.05) is 29.5 Å². The van der Waals surface area contributed by atoms with Crippen LogP contribution in [0.2, 0.25) is 0 Å². The third-order valence-corrected chi connectivity index (χ3v) is 6.59. The van der Waals surface area contributed by atoms with Crippen molar-refractivity contribution in [3.05, 3.63) is 53.1 Å². The molecule has 3 rings (SSSR count). The van der Waals surface area contributed by atoms with Crippen LogP contribution >= 0.6 is 11.8 Å². The van der Waals surface area contributed by atoms with Crippen LogP contribution in [0.5, 0.6) is 0 Å². The van der Waals surface area contributed by atoms with Crippen molar-refractivity contribution in [3.63, 3.8) is 0 Å². The fourth-order valence-electron chi connectivity index (χ4n) is 3.00. The second-order valence-corrected chi connectivity index (χ2v) is 10.0. The zero-order chi connectivity index (χ0) is 22.6. The van der Waals surface area contributed by atoms with Gasteiger partial charge in [-0.15, -0.1) is 10.2 Å². The van der Waals surface area contributed by atoms with Crippen LogP contribution in [0.1, 0.15) is 23.6 Å². The molecule has 10 heteroatoms. The normalized spacial score (nSPS) is 11.4. The third kappa shape index (κ3) is 6.08. The van der Waals surface area contributed by atoms with Gasteiger partial charge in [0.15, 0.2) is 0 Å². The molecule has 0 fully saturated rings. The summed E-state index contributed by atoms with van der Waals surface area (Å²) >= 11 is 1.15. The Hall–Kier alpha value is -2.85. The molecule has 164 valence electrons. The van der Waals surface area contributed by atoms with Crippen LogP contribution in [0.25, 0.3) is 11.5 Å². The molecule has 0 aliphatic heterocycles. The Balaban J connectivity index is 1.59. The molecule has 0 unspecified atom stereocenters. The van der Waals surface area contributed by atoms with Gasteiger partial charge in [0.1, 0.15) is 0 Å². The molecule has 31 heavy (non-hydrogen) atoms. The fraction of sp³-hybridized carbons (Fsp3) is 0.286. The van der Waals surface area contributed by atoms with E-state index in [4.69, 9.17) is 4.42 Å². The van der Waals surface area contributed by atoms with Gasteiger partial charge in [-0.25, -0.2) is 8.42 Å². The molecule has 0 saturated heterocycles. The van der Waals surface area contributed by atoms with Gasteiger partial charge in [0.25, 0.3) is 5.22 Å². The van der Waals surface area contributed by atoms with Crippen molar-refractivity contribution in [3.8, 4) is 11.5 Å². The van der Waals surface area contributed by atoms with Crippen LogP contribution in [-0.4, -0.2) is 36.0 Å². The van der Waals surface area contributed by atoms with E-state index in [0.29, 0.717) is 11.3 Å². The molecule has 2 aromatic carbocycles. The first-order chi connectivity index (χ1) is 14.7. The smallest absolute Gasteiger partial charge is 0.277 e. The van der Waals surface area contributed by atoms with E-state index in [1.807, 2.05) is 32.9 Å². The van der Waals surface area contributed by atoms with Crippen LogP contribution in [0.15, 0.2) is 46.0 Å². The summed E-state index contributed by atoms with van der Waals surface area (Å²) in [5.74, 6) is 0.257. The number of nitrogens with one attached hydrogen (secondary N) is 2. The average molecular weight is 461 g/mol. The molecule has 0 radical (unpaired) electrons. The molecule has 0 spiro atoms. The lowest BCUT2D eigenvalue weighted by atomic mass is 10.1. The number of thioether (sulfide) groups is 1. The van der Waals surface area contributed by atoms with Crippen LogP contribution in [0.3, 0.4) is 0 Å². The van der Waals surface area contributed by atoms with E-state index in [9.17, 15) is 13.2 Å². The first-order valence-electron chi connectivity index (χ1n) is 9.62. The zero-order valence-electron chi connectivity index (χ0n) is 17.7. The number of aromatic nitrogens is 2. The highest BCUT2D eigenvalue weighted by Gasteiger charge is 2.14. The van der Waals surface area contributed by atoms with Gasteiger partial charge < -0.3 is 9.73 Å². The van der Waals surface area contributed by atoms with Crippen LogP contribution in [-0.2, 0) is 14.8 Å². The number of rotatable bonds is 8. The monoisotopic (exact) mass is 460 g/mol. The summed E-state index contributed by atoms with van der Waals surface area (Å²) in [5.41, 5.74) is 5.10. The van der Waals surface area contributed by atoms with E-state index in [0.717, 1.165) is 34.1 Å². The van der Waals surface area contributed by atoms with Crippen LogP contribution < -0.4 is 10.0 Å². The average Bonchev–Trinajstić information content (AvgIpc) is 3.18. The SMILES string of the molecule is CCS(=O)(=O)Nc1ccc(-c2nnc(SCC(=O)Nc3c(C)cc(C)cc3C)o2)cc1. The van der Waals surface area contributed by atoms with Crippen molar-refractivity contribution in [1.29, 1.82) is 0 Å². The molecule has 0 saturated carbocycles. The van der Waals surface area contributed by atoms with Crippen LogP contribution in [0.4, 0.5) is 11.4 Å². The topological polar surface area (TPSA) is 114 Å². The lowest BCUT2D eigenvalue weighted by Gasteiger charge is -2.12. The second kappa shape index (κ2) is 9.52. The molecule has 2 N–H and O–H groups in total. The van der Waals surface area contributed by atoms with Crippen molar-refractivity contribution in [1.82, 2.24) is 10.2 Å². The number of aryl methyl sites for hydroxylation is 3. The standard InChI is InChI=1S/C21H24N4O4S2/c1-5-31(27,28)25-17-8-6-16(7-9-17)20-23-24-21(29-20)30-12-18(26)22-19-14(3)10-13(2)11-15(19)4/h6-11,25H,5,12H2,1-4H3,(H,22,26). The minimum atomic E-state index is -3.33. The molecule has 1 amide bonds. The summed E-state index contributed by atoms with van der Waals surface area (Å²) < 4.78 is 31.4. The number of anilines is 2. The fourth-order valence-corrected chi connectivity index (χ4v) is 4.20. The van der Waals surface area contributed by atoms with E-state index in [2.05, 4.69) is 20.2 Å². The predicted octanol–water partition coefficient (Wildman–Crippen LogP) is 4.15. The van der Waals surface area contributed by atoms with Gasteiger partial charge in [-0.2, -0.15) is 0 Å². The van der Waals surface area contributed by atoms with E-state index in [1.54, 1.807) is 31.2 Å². The number of nitrogens with zero attached hydrogens (tertiary/aromatic N) is 2. The molecule has 1 heterocycles. The molecule has 0 aliphatic rings. The quantitative estimate of drug-likeness (QED) is 0.485. The van der Waals surface area contributed by atoms with Crippen molar-refractivity contribution in [2.75, 3.05) is 21.5 Å². The minimum Gasteiger partial charge on any atom is -0.411 e. The Morgan fingerprint density at radius 1 is 1.06 bits per heavy atom. The van der Waals surface area contributed by atoms with Gasteiger partial charge in [0, 0.05) is 16.9 Å². The van der Waals surface area contributed by atoms with Gasteiger partial charge in [-0.05, 0) is 63.1 Å². The van der Waals surface area contributed by atoms with Gasteiger partial charge in [-0.3, -0.25) is 9.52 Å². The Kier molecular flexibility index (Phi) is 7.01. The summed E-state index contributed by atoms with van der Waals surface area (Å²) in [6, 6.07) is 10.7. The number of hydrogen-bond acceptors (Lipinski definition) is 7. The van der Waals surface area contributed by atoms with E-state index in [-0.39, 0.29) is 28.5 Å². The molecule has 0 aliphatic carbocycles. The number of amides is 1. The zero-order valence-corrected chi connectivity index (χ0v) is 19.4. The van der Waals surface area contributed by atoms with Crippen molar-refractivity contribution >= 4 is 39.1 Å². The van der Waals surface area contributed by atoms with E-state index in [1.165, 1.54) is 0 Å². The van der Waals surface area contributed by atoms with Crippen molar-refractivity contribution < 1.29 is 17.6 Å². The molecular formula is C21H24N4O4S2. The summed E-state index contributed by atoms with van der Waals surface area (Å²) in [6.07, 6.45) is 0. The van der Waals surface area contributed by atoms with Gasteiger partial charge in [0.2, 0.25) is 21.8 Å². The Bertz CT molecular complexity index is 1170. The lowest BCUT2D eigenvalue weighted by Crippen LogP contribution is -2.15. The maximum atomic E-state index is 12.4. The number of carbonyl (C=O) groups is 1. The largest absolute Gasteiger partial charge is 0.411 e. The van der Waals surface area contributed by atoms with Crippen molar-refractivity contribution in [2.24, 2.45) is 0 Å². The number of sulfonamides is 1. The summed E-state index contributed by atoms with van der Waals surface area (Å²) in [4.78, 5) is 12.4. The molecule has 1 aromatic heterocycles. The summed E-state index contributed by atoms with van der Waals surface area (Å²) in [7, 11) is -3.33. The molecular weight excluding hydrogens is 436 g/mol. The Labute approximate surface area is 185 Å². The maximum Gasteiger partial charge on any atom is 0.277 e. The highest BCUT2D eigenvalue weighted by atomic mass is 32.2. The minimum absolute atomic E-state index is 0.00434. The maximum absolute atomic E-state index is 12.4. The highest BCUT2D eigenvalue weighted by Crippen LogP contribution is 2.26. The molecule has 0 bridgehead atoms. The highest BCUT2D eigenvalue weighted by molar-refractivity contribution is 7.99. The molecule has 8 nitrogen and oxygen atoms in total. The van der Waals surface area contributed by atoms with Gasteiger partial charge >= 0.3 is 0 Å². The number of carbonyl (C=O) groups excluding carboxylic acids is 1. The summed E-state index contributed by atoms with van der Waals surface area (Å²) in [5, 5.41) is 11.2. The predicted molar refractivity (Wildman–Crippen MR) is 123 cm³/mol. The third-order valence-electron chi connectivity index (χ3n) is 4.46. The second-order valence-electron chi connectivity index (χ2n) is 7.07. The van der Waals surface area contributed by atoms with Gasteiger partial charge in [0.05, 0.1) is 11.5 Å². The Morgan fingerprint density at radius 3 is 2.32 bits per heavy atom. The van der Waals surface area contributed by atoms with E-state index >= 15 is 0 Å². The number of benzene rings is 2. The molecule has 0 atom stereocenters. The van der Waals surface area contributed by atoms with Crippen LogP contribution in [0, 0.1) is 20.8 Å². The van der Waals surface area contributed by atoms with Crippen molar-refractivity contribution in [2.45, 2.75) is 32.9 Å². The lowest BCUT2D eigenvalue weighted by molar-refractivity contribution is -0.113. The molecule has 3 aromatic rings. The van der Waals surface area contributed by atoms with E-state index < -0.39 is 10.0 Å². The summed E-state index contributed by atoms with van der Waals surface area (Å²) in [6.45, 7) is 7.51. The first-order valence-corrected chi connectivity index (χ1v) is 12.3. The Morgan fingerprint density at radius 2 is 1.71 bits per heavy atom. The first kappa shape index (κ1) is 22.8.